The molecule has 0 spiro atoms. The molecule has 3 amide bonds. The van der Waals surface area contributed by atoms with Gasteiger partial charge in [0.05, 0.1) is 18.3 Å². The molecular weight excluding hydrogens is 366 g/mol. The minimum absolute atomic E-state index is 0.240. The number of rotatable bonds is 6. The Morgan fingerprint density at radius 1 is 1.17 bits per heavy atom. The van der Waals surface area contributed by atoms with Crippen LogP contribution in [0.5, 0.6) is 5.75 Å². The number of carbonyl (C=O) groups is 2. The highest BCUT2D eigenvalue weighted by Gasteiger charge is 2.37. The summed E-state index contributed by atoms with van der Waals surface area (Å²) in [7, 11) is 0. The van der Waals surface area contributed by atoms with Gasteiger partial charge in [0, 0.05) is 5.71 Å². The van der Waals surface area contributed by atoms with E-state index in [1.165, 1.54) is 5.56 Å². The highest BCUT2D eigenvalue weighted by atomic mass is 16.5. The zero-order valence-corrected chi connectivity index (χ0v) is 17.2. The Morgan fingerprint density at radius 3 is 2.52 bits per heavy atom. The van der Waals surface area contributed by atoms with Gasteiger partial charge in [0.2, 0.25) is 5.91 Å². The van der Waals surface area contributed by atoms with Gasteiger partial charge in [-0.15, -0.1) is 0 Å². The first-order valence-electron chi connectivity index (χ1n) is 9.89. The Bertz CT molecular complexity index is 919. The Kier molecular flexibility index (Phi) is 6.32. The highest BCUT2D eigenvalue weighted by molar-refractivity contribution is 6.13. The number of hydrogen-bond donors (Lipinski definition) is 2. The number of hydrogen-bond acceptors (Lipinski definition) is 3. The predicted octanol–water partition coefficient (Wildman–Crippen LogP) is 4.69. The molecule has 152 valence electrons. The molecule has 29 heavy (non-hydrogen) atoms. The first-order valence-corrected chi connectivity index (χ1v) is 9.89. The molecule has 2 N–H and O–H groups in total. The fourth-order valence-electron chi connectivity index (χ4n) is 3.49. The number of urea groups is 1. The molecule has 0 fully saturated rings. The van der Waals surface area contributed by atoms with E-state index >= 15 is 0 Å². The van der Waals surface area contributed by atoms with E-state index in [2.05, 4.69) is 29.5 Å². The quantitative estimate of drug-likeness (QED) is 0.747. The van der Waals surface area contributed by atoms with Gasteiger partial charge in [0.15, 0.2) is 0 Å². The minimum atomic E-state index is -0.618. The molecule has 0 saturated heterocycles. The minimum Gasteiger partial charge on any atom is -0.492 e. The molecule has 2 unspecified atom stereocenters. The maximum Gasteiger partial charge on any atom is 0.341 e. The van der Waals surface area contributed by atoms with Gasteiger partial charge in [-0.2, -0.15) is 0 Å². The van der Waals surface area contributed by atoms with Gasteiger partial charge >= 0.3 is 6.03 Å². The van der Waals surface area contributed by atoms with Crippen LogP contribution < -0.4 is 15.4 Å². The number of carbonyl (C=O) groups excluding carboxylic acids is 2. The first kappa shape index (κ1) is 20.6. The highest BCUT2D eigenvalue weighted by Crippen LogP contribution is 2.31. The molecule has 0 radical (unpaired) electrons. The Balaban J connectivity index is 1.90. The van der Waals surface area contributed by atoms with E-state index in [-0.39, 0.29) is 5.91 Å². The number of ether oxygens (including phenoxy) is 1. The summed E-state index contributed by atoms with van der Waals surface area (Å²) in [6.07, 6.45) is 0. The van der Waals surface area contributed by atoms with Gasteiger partial charge in [-0.1, -0.05) is 50.2 Å². The number of benzene rings is 2. The second-order valence-corrected chi connectivity index (χ2v) is 7.40. The standard InChI is InChI=1S/C23H27N3O3/c1-5-29-19-9-7-6-8-18(19)25-22(27)20-15(4)24-23(28)26-21(20)17-12-10-16(11-13-17)14(2)3/h6-14,20-21H,5H2,1-4H3,(H,25,27)(H,26,28). The average Bonchev–Trinajstić information content (AvgIpc) is 2.69. The van der Waals surface area contributed by atoms with Gasteiger partial charge in [-0.05, 0) is 43.0 Å². The zero-order chi connectivity index (χ0) is 21.0. The van der Waals surface area contributed by atoms with Crippen LogP contribution in [0.3, 0.4) is 0 Å². The SMILES string of the molecule is CCOc1ccccc1NC(=O)C1C(C)=NC(=O)NC1c1ccc(C(C)C)cc1. The molecule has 2 aromatic carbocycles. The number of anilines is 1. The van der Waals surface area contributed by atoms with Crippen molar-refractivity contribution in [2.45, 2.75) is 39.7 Å². The summed E-state index contributed by atoms with van der Waals surface area (Å²) in [4.78, 5) is 29.2. The third-order valence-corrected chi connectivity index (χ3v) is 5.03. The van der Waals surface area contributed by atoms with E-state index in [0.29, 0.717) is 29.7 Å². The molecule has 1 heterocycles. The van der Waals surface area contributed by atoms with Crippen LogP contribution in [0.2, 0.25) is 0 Å². The van der Waals surface area contributed by atoms with E-state index < -0.39 is 18.0 Å². The van der Waals surface area contributed by atoms with Crippen LogP contribution in [0, 0.1) is 5.92 Å². The van der Waals surface area contributed by atoms with Gasteiger partial charge in [0.25, 0.3) is 0 Å². The van der Waals surface area contributed by atoms with Crippen LogP contribution in [0.4, 0.5) is 10.5 Å². The molecule has 2 atom stereocenters. The smallest absolute Gasteiger partial charge is 0.341 e. The number of para-hydroxylation sites is 2. The molecular formula is C23H27N3O3. The lowest BCUT2D eigenvalue weighted by atomic mass is 9.86. The topological polar surface area (TPSA) is 79.8 Å². The summed E-state index contributed by atoms with van der Waals surface area (Å²) in [5.41, 5.74) is 3.15. The van der Waals surface area contributed by atoms with Gasteiger partial charge in [0.1, 0.15) is 11.7 Å². The summed E-state index contributed by atoms with van der Waals surface area (Å²) >= 11 is 0. The molecule has 2 aromatic rings. The van der Waals surface area contributed by atoms with Crippen molar-refractivity contribution in [2.75, 3.05) is 11.9 Å². The monoisotopic (exact) mass is 393 g/mol. The van der Waals surface area contributed by atoms with Crippen molar-refractivity contribution in [1.29, 1.82) is 0 Å². The van der Waals surface area contributed by atoms with Crippen molar-refractivity contribution in [1.82, 2.24) is 5.32 Å². The lowest BCUT2D eigenvalue weighted by Crippen LogP contribution is -2.45. The average molecular weight is 393 g/mol. The summed E-state index contributed by atoms with van der Waals surface area (Å²) in [6, 6.07) is 14.4. The summed E-state index contributed by atoms with van der Waals surface area (Å²) in [6.45, 7) is 8.36. The molecule has 1 aliphatic heterocycles. The molecule has 0 bridgehead atoms. The largest absolute Gasteiger partial charge is 0.492 e. The molecule has 0 saturated carbocycles. The van der Waals surface area contributed by atoms with E-state index in [1.54, 1.807) is 13.0 Å². The summed E-state index contributed by atoms with van der Waals surface area (Å²) in [5, 5.41) is 5.79. The fourth-order valence-corrected chi connectivity index (χ4v) is 3.49. The molecule has 0 aliphatic carbocycles. The van der Waals surface area contributed by atoms with Crippen LogP contribution in [-0.4, -0.2) is 24.3 Å². The number of nitrogens with zero attached hydrogens (tertiary/aromatic N) is 1. The van der Waals surface area contributed by atoms with Crippen molar-refractivity contribution in [3.8, 4) is 5.75 Å². The van der Waals surface area contributed by atoms with Crippen LogP contribution >= 0.6 is 0 Å². The Hall–Kier alpha value is -3.15. The van der Waals surface area contributed by atoms with Crippen LogP contribution in [0.1, 0.15) is 50.8 Å². The van der Waals surface area contributed by atoms with Crippen molar-refractivity contribution in [2.24, 2.45) is 10.9 Å². The van der Waals surface area contributed by atoms with Crippen LogP contribution in [0.25, 0.3) is 0 Å². The lowest BCUT2D eigenvalue weighted by molar-refractivity contribution is -0.118. The van der Waals surface area contributed by atoms with Crippen molar-refractivity contribution >= 4 is 23.3 Å². The number of nitrogens with one attached hydrogen (secondary N) is 2. The maximum absolute atomic E-state index is 13.2. The van der Waals surface area contributed by atoms with Crippen LogP contribution in [-0.2, 0) is 4.79 Å². The fraction of sp³-hybridized carbons (Fsp3) is 0.348. The second kappa shape index (κ2) is 8.90. The lowest BCUT2D eigenvalue weighted by Gasteiger charge is -2.30. The van der Waals surface area contributed by atoms with Gasteiger partial charge in [-0.3, -0.25) is 4.79 Å². The molecule has 3 rings (SSSR count). The molecule has 6 nitrogen and oxygen atoms in total. The van der Waals surface area contributed by atoms with Crippen LogP contribution in [0.15, 0.2) is 53.5 Å². The Morgan fingerprint density at radius 2 is 1.86 bits per heavy atom. The van der Waals surface area contributed by atoms with Crippen molar-refractivity contribution in [3.63, 3.8) is 0 Å². The maximum atomic E-state index is 13.2. The predicted molar refractivity (Wildman–Crippen MR) is 115 cm³/mol. The van der Waals surface area contributed by atoms with E-state index in [4.69, 9.17) is 4.74 Å². The third kappa shape index (κ3) is 4.65. The number of aliphatic imine (C=N–C) groups is 1. The first-order chi connectivity index (χ1) is 13.9. The summed E-state index contributed by atoms with van der Waals surface area (Å²) < 4.78 is 5.60. The summed E-state index contributed by atoms with van der Waals surface area (Å²) in [5.74, 6) is 0.154. The Labute approximate surface area is 171 Å². The van der Waals surface area contributed by atoms with Crippen molar-refractivity contribution < 1.29 is 14.3 Å². The van der Waals surface area contributed by atoms with E-state index in [0.717, 1.165) is 5.56 Å². The van der Waals surface area contributed by atoms with Gasteiger partial charge < -0.3 is 15.4 Å². The molecule has 6 heteroatoms. The van der Waals surface area contributed by atoms with Crippen molar-refractivity contribution in [3.05, 3.63) is 59.7 Å². The normalized spacial score (nSPS) is 18.8. The van der Waals surface area contributed by atoms with E-state index in [9.17, 15) is 9.59 Å². The van der Waals surface area contributed by atoms with Gasteiger partial charge in [-0.25, -0.2) is 9.79 Å². The molecule has 1 aliphatic rings. The third-order valence-electron chi connectivity index (χ3n) is 5.03. The zero-order valence-electron chi connectivity index (χ0n) is 17.2. The molecule has 0 aromatic heterocycles. The van der Waals surface area contributed by atoms with E-state index in [1.807, 2.05) is 49.4 Å². The number of amides is 3. The second-order valence-electron chi connectivity index (χ2n) is 7.40.